The van der Waals surface area contributed by atoms with E-state index in [2.05, 4.69) is 25.7 Å². The number of pyridine rings is 1. The van der Waals surface area contributed by atoms with Crippen LogP contribution in [-0.2, 0) is 23.2 Å². The lowest BCUT2D eigenvalue weighted by molar-refractivity contribution is -0.123. The Labute approximate surface area is 167 Å². The van der Waals surface area contributed by atoms with Gasteiger partial charge in [0, 0.05) is 12.6 Å². The van der Waals surface area contributed by atoms with Crippen LogP contribution in [0.3, 0.4) is 0 Å². The Balaban J connectivity index is 1.38. The minimum absolute atomic E-state index is 0.0288. The Morgan fingerprint density at radius 1 is 1.17 bits per heavy atom. The van der Waals surface area contributed by atoms with Gasteiger partial charge in [0.05, 0.1) is 17.5 Å². The predicted molar refractivity (Wildman–Crippen MR) is 105 cm³/mol. The molecule has 1 fully saturated rings. The van der Waals surface area contributed by atoms with Gasteiger partial charge in [0.2, 0.25) is 5.91 Å². The van der Waals surface area contributed by atoms with Crippen molar-refractivity contribution in [2.24, 2.45) is 0 Å². The summed E-state index contributed by atoms with van der Waals surface area (Å²) < 4.78 is 7.19. The molecule has 146 valence electrons. The van der Waals surface area contributed by atoms with Gasteiger partial charge in [0.15, 0.2) is 17.3 Å². The number of amides is 1. The summed E-state index contributed by atoms with van der Waals surface area (Å²) in [5.41, 5.74) is 1.99. The van der Waals surface area contributed by atoms with E-state index in [-0.39, 0.29) is 5.91 Å². The van der Waals surface area contributed by atoms with E-state index < -0.39 is 5.41 Å². The second kappa shape index (κ2) is 6.80. The molecule has 8 nitrogen and oxygen atoms in total. The maximum absolute atomic E-state index is 12.9. The fraction of sp³-hybridized carbons (Fsp3) is 0.286. The van der Waals surface area contributed by atoms with Crippen LogP contribution in [0.1, 0.15) is 37.0 Å². The molecule has 0 aliphatic heterocycles. The van der Waals surface area contributed by atoms with Crippen molar-refractivity contribution in [1.29, 1.82) is 0 Å². The molecule has 0 radical (unpaired) electrons. The number of benzene rings is 1. The first-order valence-electron chi connectivity index (χ1n) is 9.71. The Morgan fingerprint density at radius 2 is 2.00 bits per heavy atom. The van der Waals surface area contributed by atoms with E-state index in [4.69, 9.17) is 4.52 Å². The molecule has 3 heterocycles. The fourth-order valence-electron chi connectivity index (χ4n) is 3.62. The van der Waals surface area contributed by atoms with E-state index in [1.165, 1.54) is 0 Å². The molecule has 4 aromatic rings. The summed E-state index contributed by atoms with van der Waals surface area (Å²) in [4.78, 5) is 17.3. The Hall–Kier alpha value is -3.55. The maximum atomic E-state index is 12.9. The molecule has 0 saturated heterocycles. The average Bonchev–Trinajstić information content (AvgIpc) is 3.26. The summed E-state index contributed by atoms with van der Waals surface area (Å²) in [6, 6.07) is 13.7. The van der Waals surface area contributed by atoms with E-state index in [1.54, 1.807) is 0 Å². The van der Waals surface area contributed by atoms with Gasteiger partial charge in [0.25, 0.3) is 5.89 Å². The van der Waals surface area contributed by atoms with Crippen molar-refractivity contribution < 1.29 is 9.32 Å². The highest BCUT2D eigenvalue weighted by molar-refractivity contribution is 5.91. The number of nitrogens with one attached hydrogen (secondary N) is 1. The number of rotatable bonds is 6. The SMILES string of the molecule is CCc1noc(-c2cccn3c(CNC(=O)C4(c5ccccc5)CC4)nnc23)n1. The first kappa shape index (κ1) is 17.5. The van der Waals surface area contributed by atoms with Crippen LogP contribution in [0.4, 0.5) is 0 Å². The maximum Gasteiger partial charge on any atom is 0.261 e. The zero-order valence-corrected chi connectivity index (χ0v) is 16.0. The highest BCUT2D eigenvalue weighted by Gasteiger charge is 2.51. The number of aryl methyl sites for hydroxylation is 1. The standard InChI is InChI=1S/C21H20N6O2/c1-2-16-23-19(29-26-16)15-9-6-12-27-17(24-25-18(15)27)13-22-20(28)21(10-11-21)14-7-4-3-5-8-14/h3-9,12H,2,10-11,13H2,1H3,(H,22,28). The molecule has 3 aromatic heterocycles. The van der Waals surface area contributed by atoms with Crippen molar-refractivity contribution in [2.75, 3.05) is 0 Å². The lowest BCUT2D eigenvalue weighted by Crippen LogP contribution is -2.34. The molecule has 1 aromatic carbocycles. The average molecular weight is 388 g/mol. The van der Waals surface area contributed by atoms with Gasteiger partial charge in [-0.3, -0.25) is 9.20 Å². The molecule has 1 saturated carbocycles. The van der Waals surface area contributed by atoms with Gasteiger partial charge < -0.3 is 9.84 Å². The molecular weight excluding hydrogens is 368 g/mol. The van der Waals surface area contributed by atoms with E-state index in [0.29, 0.717) is 41.7 Å². The molecule has 8 heteroatoms. The van der Waals surface area contributed by atoms with Crippen molar-refractivity contribution in [2.45, 2.75) is 38.1 Å². The quantitative estimate of drug-likeness (QED) is 0.545. The highest BCUT2D eigenvalue weighted by atomic mass is 16.5. The number of fused-ring (bicyclic) bond motifs is 1. The van der Waals surface area contributed by atoms with Crippen LogP contribution in [0, 0.1) is 0 Å². The third-order valence-corrected chi connectivity index (χ3v) is 5.44. The van der Waals surface area contributed by atoms with E-state index in [0.717, 1.165) is 18.4 Å². The summed E-state index contributed by atoms with van der Waals surface area (Å²) in [5.74, 6) is 1.73. The van der Waals surface area contributed by atoms with Crippen molar-refractivity contribution in [3.63, 3.8) is 0 Å². The topological polar surface area (TPSA) is 98.2 Å². The van der Waals surface area contributed by atoms with E-state index in [9.17, 15) is 4.79 Å². The van der Waals surface area contributed by atoms with Crippen LogP contribution in [0.15, 0.2) is 53.2 Å². The van der Waals surface area contributed by atoms with Crippen molar-refractivity contribution in [3.8, 4) is 11.5 Å². The minimum Gasteiger partial charge on any atom is -0.348 e. The van der Waals surface area contributed by atoms with Crippen molar-refractivity contribution >= 4 is 11.6 Å². The molecule has 1 N–H and O–H groups in total. The lowest BCUT2D eigenvalue weighted by Gasteiger charge is -2.15. The van der Waals surface area contributed by atoms with Gasteiger partial charge in [-0.25, -0.2) is 0 Å². The molecule has 0 spiro atoms. The van der Waals surface area contributed by atoms with Crippen LogP contribution >= 0.6 is 0 Å². The smallest absolute Gasteiger partial charge is 0.261 e. The van der Waals surface area contributed by atoms with E-state index in [1.807, 2.05) is 60.0 Å². The lowest BCUT2D eigenvalue weighted by atomic mass is 9.95. The van der Waals surface area contributed by atoms with Crippen LogP contribution in [0.5, 0.6) is 0 Å². The number of hydrogen-bond donors (Lipinski definition) is 1. The minimum atomic E-state index is -0.410. The molecule has 1 aliphatic rings. The van der Waals surface area contributed by atoms with E-state index >= 15 is 0 Å². The van der Waals surface area contributed by atoms with Crippen molar-refractivity contribution in [1.82, 2.24) is 30.1 Å². The molecule has 0 atom stereocenters. The molecule has 1 amide bonds. The first-order chi connectivity index (χ1) is 14.2. The Bertz CT molecular complexity index is 1180. The predicted octanol–water partition coefficient (Wildman–Crippen LogP) is 2.69. The Kier molecular flexibility index (Phi) is 4.12. The molecule has 0 unspecified atom stereocenters. The summed E-state index contributed by atoms with van der Waals surface area (Å²) in [6.07, 6.45) is 4.29. The molecule has 29 heavy (non-hydrogen) atoms. The molecule has 1 aliphatic carbocycles. The van der Waals surface area contributed by atoms with Crippen LogP contribution < -0.4 is 5.32 Å². The first-order valence-corrected chi connectivity index (χ1v) is 9.71. The van der Waals surface area contributed by atoms with Crippen LogP contribution in [0.2, 0.25) is 0 Å². The van der Waals surface area contributed by atoms with Crippen LogP contribution in [0.25, 0.3) is 17.1 Å². The number of nitrogens with zero attached hydrogens (tertiary/aromatic N) is 5. The zero-order chi connectivity index (χ0) is 19.8. The molecule has 0 bridgehead atoms. The fourth-order valence-corrected chi connectivity index (χ4v) is 3.62. The third-order valence-electron chi connectivity index (χ3n) is 5.44. The summed E-state index contributed by atoms with van der Waals surface area (Å²) in [5, 5.41) is 15.5. The zero-order valence-electron chi connectivity index (χ0n) is 16.0. The number of aromatic nitrogens is 5. The summed E-state index contributed by atoms with van der Waals surface area (Å²) in [7, 11) is 0. The third kappa shape index (κ3) is 2.97. The normalized spacial score (nSPS) is 14.8. The van der Waals surface area contributed by atoms with Gasteiger partial charge in [-0.1, -0.05) is 42.4 Å². The number of carbonyl (C=O) groups is 1. The molecule has 5 rings (SSSR count). The second-order valence-electron chi connectivity index (χ2n) is 7.23. The summed E-state index contributed by atoms with van der Waals surface area (Å²) in [6.45, 7) is 2.26. The number of carbonyl (C=O) groups excluding carboxylic acids is 1. The Morgan fingerprint density at radius 3 is 2.72 bits per heavy atom. The van der Waals surface area contributed by atoms with Gasteiger partial charge in [-0.15, -0.1) is 10.2 Å². The van der Waals surface area contributed by atoms with Gasteiger partial charge in [0.1, 0.15) is 0 Å². The largest absolute Gasteiger partial charge is 0.348 e. The second-order valence-corrected chi connectivity index (χ2v) is 7.23. The van der Waals surface area contributed by atoms with Crippen molar-refractivity contribution in [3.05, 3.63) is 65.9 Å². The van der Waals surface area contributed by atoms with Crippen LogP contribution in [-0.4, -0.2) is 30.6 Å². The summed E-state index contributed by atoms with van der Waals surface area (Å²) >= 11 is 0. The van der Waals surface area contributed by atoms with Gasteiger partial charge in [-0.2, -0.15) is 4.98 Å². The highest BCUT2D eigenvalue weighted by Crippen LogP contribution is 2.48. The van der Waals surface area contributed by atoms with Gasteiger partial charge >= 0.3 is 0 Å². The monoisotopic (exact) mass is 388 g/mol. The van der Waals surface area contributed by atoms with Gasteiger partial charge in [-0.05, 0) is 30.5 Å². The number of hydrogen-bond acceptors (Lipinski definition) is 6. The molecular formula is C21H20N6O2.